The zero-order valence-corrected chi connectivity index (χ0v) is 21.5. The number of hydrogen-bond acceptors (Lipinski definition) is 7. The maximum atomic E-state index is 13.6. The molecule has 0 aliphatic heterocycles. The number of oxazole rings is 1. The molecule has 198 valence electrons. The molecule has 2 aromatic carbocycles. The van der Waals surface area contributed by atoms with E-state index < -0.39 is 43.7 Å². The van der Waals surface area contributed by atoms with Crippen molar-refractivity contribution in [3.8, 4) is 11.5 Å². The van der Waals surface area contributed by atoms with Crippen LogP contribution in [0.5, 0.6) is 0 Å². The van der Waals surface area contributed by atoms with Gasteiger partial charge in [-0.2, -0.15) is 17.9 Å². The van der Waals surface area contributed by atoms with Crippen LogP contribution in [-0.2, 0) is 20.9 Å². The van der Waals surface area contributed by atoms with Gasteiger partial charge in [0.25, 0.3) is 0 Å². The first kappa shape index (κ1) is 27.7. The van der Waals surface area contributed by atoms with E-state index >= 15 is 0 Å². The second-order valence-corrected chi connectivity index (χ2v) is 10.2. The van der Waals surface area contributed by atoms with Crippen molar-refractivity contribution in [1.82, 2.24) is 14.7 Å². The number of methoxy groups -OCH3 is 1. The minimum absolute atomic E-state index is 0.0460. The molecule has 1 atom stereocenters. The van der Waals surface area contributed by atoms with Gasteiger partial charge in [-0.05, 0) is 30.3 Å². The van der Waals surface area contributed by atoms with Gasteiger partial charge in [0, 0.05) is 30.0 Å². The summed E-state index contributed by atoms with van der Waals surface area (Å²) in [6.45, 7) is 0. The van der Waals surface area contributed by atoms with Crippen LogP contribution in [0.4, 0.5) is 13.2 Å². The fraction of sp³-hybridized carbons (Fsp3) is 0.125. The Morgan fingerprint density at radius 3 is 2.50 bits per heavy atom. The van der Waals surface area contributed by atoms with Crippen LogP contribution < -0.4 is 4.72 Å². The van der Waals surface area contributed by atoms with E-state index in [1.54, 1.807) is 18.2 Å². The summed E-state index contributed by atoms with van der Waals surface area (Å²) in [6, 6.07) is 9.74. The van der Waals surface area contributed by atoms with Gasteiger partial charge in [-0.25, -0.2) is 13.4 Å². The maximum Gasteiger partial charge on any atom is 0.417 e. The lowest BCUT2D eigenvalue weighted by molar-refractivity contribution is -0.137. The van der Waals surface area contributed by atoms with Gasteiger partial charge in [0.15, 0.2) is 0 Å². The van der Waals surface area contributed by atoms with E-state index in [1.807, 2.05) is 0 Å². The Kier molecular flexibility index (Phi) is 7.90. The number of carbonyl (C=O) groups is 1. The molecule has 0 saturated heterocycles. The Labute approximate surface area is 224 Å². The Morgan fingerprint density at radius 1 is 1.11 bits per heavy atom. The molecule has 8 nitrogen and oxygen atoms in total. The number of rotatable bonds is 8. The van der Waals surface area contributed by atoms with E-state index in [-0.39, 0.29) is 27.7 Å². The first-order valence-corrected chi connectivity index (χ1v) is 12.8. The number of carbonyl (C=O) groups excluding carboxylic acids is 1. The highest BCUT2D eigenvalue weighted by atomic mass is 35.5. The average molecular weight is 586 g/mol. The number of benzene rings is 2. The summed E-state index contributed by atoms with van der Waals surface area (Å²) in [4.78, 5) is 21.0. The Hall–Kier alpha value is -3.29. The van der Waals surface area contributed by atoms with Crippen LogP contribution >= 0.6 is 23.2 Å². The minimum atomic E-state index is -4.89. The van der Waals surface area contributed by atoms with Crippen molar-refractivity contribution in [2.24, 2.45) is 0 Å². The molecule has 38 heavy (non-hydrogen) atoms. The van der Waals surface area contributed by atoms with Gasteiger partial charge in [0.1, 0.15) is 18.2 Å². The number of aromatic nitrogens is 2. The van der Waals surface area contributed by atoms with Gasteiger partial charge >= 0.3 is 6.18 Å². The summed E-state index contributed by atoms with van der Waals surface area (Å²) in [5.74, 6) is -0.478. The topological polar surface area (TPSA) is 111 Å². The van der Waals surface area contributed by atoms with Crippen LogP contribution in [0, 0.1) is 0 Å². The molecule has 0 fully saturated rings. The number of hydrogen-bond donors (Lipinski definition) is 1. The number of sulfonamides is 1. The predicted molar refractivity (Wildman–Crippen MR) is 131 cm³/mol. The van der Waals surface area contributed by atoms with Crippen molar-refractivity contribution in [2.45, 2.75) is 17.3 Å². The van der Waals surface area contributed by atoms with Crippen LogP contribution in [0.2, 0.25) is 10.0 Å². The molecular formula is C24H16Cl2F3N3O5S. The summed E-state index contributed by atoms with van der Waals surface area (Å²) in [6.07, 6.45) is -2.54. The number of nitrogens with zero attached hydrogens (tertiary/aromatic N) is 2. The van der Waals surface area contributed by atoms with Crippen molar-refractivity contribution in [2.75, 3.05) is 7.11 Å². The molecule has 0 saturated carbocycles. The van der Waals surface area contributed by atoms with Crippen molar-refractivity contribution < 1.29 is 35.5 Å². The van der Waals surface area contributed by atoms with Gasteiger partial charge in [0.2, 0.25) is 21.7 Å². The van der Waals surface area contributed by atoms with E-state index in [0.29, 0.717) is 11.6 Å². The summed E-state index contributed by atoms with van der Waals surface area (Å²) < 4.78 is 78.7. The zero-order chi connectivity index (χ0) is 27.7. The zero-order valence-electron chi connectivity index (χ0n) is 19.2. The maximum absolute atomic E-state index is 13.6. The average Bonchev–Trinajstić information content (AvgIpc) is 3.41. The van der Waals surface area contributed by atoms with Crippen LogP contribution in [0.15, 0.2) is 76.5 Å². The smallest absolute Gasteiger partial charge is 0.417 e. The SMILES string of the molecule is COC(NS(=O)(=O)c1ccc(Cl)c(C(F)(F)F)c1)c1cc(Cl)cnc1C(=O)c1ccccc1-c1ncco1. The van der Waals surface area contributed by atoms with Crippen LogP contribution in [0.1, 0.15) is 33.4 Å². The fourth-order valence-electron chi connectivity index (χ4n) is 3.53. The molecule has 4 rings (SSSR count). The highest BCUT2D eigenvalue weighted by Gasteiger charge is 2.35. The van der Waals surface area contributed by atoms with E-state index in [9.17, 15) is 26.4 Å². The van der Waals surface area contributed by atoms with Crippen molar-refractivity contribution in [1.29, 1.82) is 0 Å². The molecule has 1 N–H and O–H groups in total. The van der Waals surface area contributed by atoms with Gasteiger partial charge in [0.05, 0.1) is 26.7 Å². The predicted octanol–water partition coefficient (Wildman–Crippen LogP) is 5.92. The van der Waals surface area contributed by atoms with Crippen LogP contribution in [0.25, 0.3) is 11.5 Å². The third-order valence-electron chi connectivity index (χ3n) is 5.27. The monoisotopic (exact) mass is 585 g/mol. The molecule has 0 amide bonds. The van der Waals surface area contributed by atoms with E-state index in [0.717, 1.165) is 19.2 Å². The molecule has 4 aromatic rings. The summed E-state index contributed by atoms with van der Waals surface area (Å²) in [5, 5.41) is -0.624. The largest absolute Gasteiger partial charge is 0.445 e. The Balaban J connectivity index is 1.75. The van der Waals surface area contributed by atoms with E-state index in [2.05, 4.69) is 14.7 Å². The highest BCUT2D eigenvalue weighted by molar-refractivity contribution is 7.89. The molecule has 1 unspecified atom stereocenters. The molecule has 0 aliphatic rings. The molecule has 2 aromatic heterocycles. The summed E-state index contributed by atoms with van der Waals surface area (Å²) >= 11 is 11.7. The number of ether oxygens (including phenoxy) is 1. The third kappa shape index (κ3) is 5.74. The lowest BCUT2D eigenvalue weighted by Crippen LogP contribution is -2.31. The molecule has 0 bridgehead atoms. The van der Waals surface area contributed by atoms with Crippen LogP contribution in [-0.4, -0.2) is 31.3 Å². The fourth-order valence-corrected chi connectivity index (χ4v) is 5.08. The quantitative estimate of drug-likeness (QED) is 0.202. The van der Waals surface area contributed by atoms with Gasteiger partial charge in [-0.3, -0.25) is 9.78 Å². The molecular weight excluding hydrogens is 570 g/mol. The Morgan fingerprint density at radius 2 is 1.84 bits per heavy atom. The third-order valence-corrected chi connectivity index (χ3v) is 7.20. The Bertz CT molecular complexity index is 1600. The number of alkyl halides is 3. The second kappa shape index (κ2) is 10.8. The number of nitrogens with one attached hydrogen (secondary N) is 1. The number of halogens is 5. The van der Waals surface area contributed by atoms with Crippen LogP contribution in [0.3, 0.4) is 0 Å². The van der Waals surface area contributed by atoms with Crippen molar-refractivity contribution >= 4 is 39.0 Å². The molecule has 0 radical (unpaired) electrons. The summed E-state index contributed by atoms with van der Waals surface area (Å²) in [7, 11) is -3.49. The minimum Gasteiger partial charge on any atom is -0.445 e. The molecule has 2 heterocycles. The molecule has 14 heteroatoms. The van der Waals surface area contributed by atoms with Gasteiger partial charge < -0.3 is 9.15 Å². The first-order chi connectivity index (χ1) is 17.9. The molecule has 0 spiro atoms. The number of ketones is 1. The van der Waals surface area contributed by atoms with E-state index in [1.165, 1.54) is 30.8 Å². The molecule has 0 aliphatic carbocycles. The highest BCUT2D eigenvalue weighted by Crippen LogP contribution is 2.36. The van der Waals surface area contributed by atoms with Gasteiger partial charge in [-0.15, -0.1) is 0 Å². The number of pyridine rings is 1. The van der Waals surface area contributed by atoms with E-state index in [4.69, 9.17) is 32.4 Å². The van der Waals surface area contributed by atoms with Gasteiger partial charge in [-0.1, -0.05) is 41.4 Å². The second-order valence-electron chi connectivity index (χ2n) is 7.68. The van der Waals surface area contributed by atoms with Crippen molar-refractivity contribution in [3.63, 3.8) is 0 Å². The standard InChI is InChI=1S/C24H16Cl2F3N3O5S/c1-36-23(32-38(34,35)14-6-7-19(26)18(11-14)24(27,28)29)17-10-13(25)12-31-20(17)21(33)15-4-2-3-5-16(15)22-30-8-9-37-22/h2-12,23,32H,1H3. The summed E-state index contributed by atoms with van der Waals surface area (Å²) in [5.41, 5.74) is -1.16. The normalized spacial score (nSPS) is 12.9. The first-order valence-electron chi connectivity index (χ1n) is 10.5. The van der Waals surface area contributed by atoms with Crippen molar-refractivity contribution in [3.05, 3.63) is 99.6 Å². The lowest BCUT2D eigenvalue weighted by atomic mass is 9.98. The lowest BCUT2D eigenvalue weighted by Gasteiger charge is -2.20.